The molecule has 3 aromatic rings. The van der Waals surface area contributed by atoms with Gasteiger partial charge in [0.05, 0.1) is 16.9 Å². The summed E-state index contributed by atoms with van der Waals surface area (Å²) in [6.07, 6.45) is 5.70. The van der Waals surface area contributed by atoms with Crippen LogP contribution < -0.4 is 11.1 Å². The molecular weight excluding hydrogens is 470 g/mol. The topological polar surface area (TPSA) is 79.4 Å². The Kier molecular flexibility index (Phi) is 7.02. The first kappa shape index (κ1) is 25.0. The van der Waals surface area contributed by atoms with Gasteiger partial charge in [0.25, 0.3) is 0 Å². The number of aromatic nitrogens is 2. The number of aliphatic imine (C=N–C) groups is 1. The molecule has 0 radical (unpaired) electrons. The van der Waals surface area contributed by atoms with E-state index in [0.29, 0.717) is 29.7 Å². The van der Waals surface area contributed by atoms with E-state index < -0.39 is 11.6 Å². The van der Waals surface area contributed by atoms with Crippen LogP contribution in [0.3, 0.4) is 0 Å². The van der Waals surface area contributed by atoms with Crippen molar-refractivity contribution in [1.29, 1.82) is 0 Å². The van der Waals surface area contributed by atoms with Crippen molar-refractivity contribution in [3.63, 3.8) is 0 Å². The third-order valence-corrected chi connectivity index (χ3v) is 7.21. The molecule has 4 heterocycles. The highest BCUT2D eigenvalue weighted by molar-refractivity contribution is 6.05. The molecule has 8 heteroatoms. The summed E-state index contributed by atoms with van der Waals surface area (Å²) >= 11 is 0. The predicted octanol–water partition coefficient (Wildman–Crippen LogP) is 5.91. The van der Waals surface area contributed by atoms with Crippen molar-refractivity contribution < 1.29 is 8.78 Å². The van der Waals surface area contributed by atoms with E-state index in [4.69, 9.17) is 10.7 Å². The highest BCUT2D eigenvalue weighted by atomic mass is 19.1. The van der Waals surface area contributed by atoms with Crippen molar-refractivity contribution in [2.75, 3.05) is 25.0 Å². The van der Waals surface area contributed by atoms with Crippen LogP contribution in [0.5, 0.6) is 0 Å². The second kappa shape index (κ2) is 10.4. The lowest BCUT2D eigenvalue weighted by atomic mass is 9.96. The predicted molar refractivity (Wildman–Crippen MR) is 144 cm³/mol. The number of fused-ring (bicyclic) bond motifs is 2. The Hall–Kier alpha value is -3.65. The van der Waals surface area contributed by atoms with Gasteiger partial charge in [-0.1, -0.05) is 25.1 Å². The third-order valence-electron chi connectivity index (χ3n) is 7.21. The molecule has 192 valence electrons. The van der Waals surface area contributed by atoms with Gasteiger partial charge in [-0.05, 0) is 69.0 Å². The van der Waals surface area contributed by atoms with Crippen molar-refractivity contribution in [2.45, 2.75) is 39.5 Å². The number of anilines is 1. The average molecular weight is 503 g/mol. The summed E-state index contributed by atoms with van der Waals surface area (Å²) < 4.78 is 30.3. The van der Waals surface area contributed by atoms with Crippen molar-refractivity contribution in [2.24, 2.45) is 16.6 Å². The molecule has 1 aromatic carbocycles. The summed E-state index contributed by atoms with van der Waals surface area (Å²) in [7, 11) is 0. The number of hydrogen-bond acceptors (Lipinski definition) is 6. The molecule has 6 nitrogen and oxygen atoms in total. The van der Waals surface area contributed by atoms with Gasteiger partial charge in [0.15, 0.2) is 0 Å². The Labute approximate surface area is 216 Å². The Bertz CT molecular complexity index is 1370. The maximum atomic E-state index is 15.7. The van der Waals surface area contributed by atoms with Crippen molar-refractivity contribution in [3.05, 3.63) is 82.8 Å². The van der Waals surface area contributed by atoms with Crippen molar-refractivity contribution >= 4 is 17.3 Å². The number of rotatable bonds is 2. The zero-order valence-electron chi connectivity index (χ0n) is 21.4. The average Bonchev–Trinajstić information content (AvgIpc) is 2.89. The van der Waals surface area contributed by atoms with Gasteiger partial charge in [-0.25, -0.2) is 18.8 Å². The van der Waals surface area contributed by atoms with Crippen LogP contribution in [0, 0.1) is 24.5 Å². The van der Waals surface area contributed by atoms with Crippen LogP contribution in [-0.4, -0.2) is 40.3 Å². The Morgan fingerprint density at radius 2 is 1.81 bits per heavy atom. The molecule has 1 saturated heterocycles. The second-order valence-electron chi connectivity index (χ2n) is 9.92. The number of nitrogens with two attached hydrogens (primary N) is 1. The van der Waals surface area contributed by atoms with Crippen molar-refractivity contribution in [1.82, 2.24) is 14.9 Å². The van der Waals surface area contributed by atoms with E-state index in [1.165, 1.54) is 18.2 Å². The summed E-state index contributed by atoms with van der Waals surface area (Å²) in [6, 6.07) is 9.46. The normalized spacial score (nSPS) is 19.7. The number of nitrogens with zero attached hydrogens (tertiary/aromatic N) is 4. The summed E-state index contributed by atoms with van der Waals surface area (Å²) in [6.45, 7) is 8.16. The summed E-state index contributed by atoms with van der Waals surface area (Å²) in [4.78, 5) is 16.6. The van der Waals surface area contributed by atoms with Crippen LogP contribution in [-0.2, 0) is 0 Å². The molecule has 2 aliphatic heterocycles. The molecule has 0 spiro atoms. The van der Waals surface area contributed by atoms with E-state index in [-0.39, 0.29) is 17.2 Å². The van der Waals surface area contributed by atoms with Gasteiger partial charge in [-0.15, -0.1) is 0 Å². The lowest BCUT2D eigenvalue weighted by Gasteiger charge is -2.35. The number of halogens is 2. The Morgan fingerprint density at radius 1 is 1.05 bits per heavy atom. The standard InChI is InChI=1S/C29H32F2N6/c1-17-8-11-33-25-18(2)14-19(3)34-28-22(15-24(31)27(35-28)21-6-4-5-7-23(21)30)29(36-26(17)25)37-12-9-20(16-32)10-13-37/h4-8,11,14-15,18,20H,9-10,12-13,16,32H2,1-3H3,(H,34,35)/b19-14-,36-29?. The number of likely N-dealkylation sites (tertiary alicyclic amines) is 1. The van der Waals surface area contributed by atoms with Crippen LogP contribution in [0.2, 0.25) is 0 Å². The first-order chi connectivity index (χ1) is 17.9. The number of allylic oxidation sites excluding steroid dienone is 2. The van der Waals surface area contributed by atoms with Crippen LogP contribution >= 0.6 is 0 Å². The Morgan fingerprint density at radius 3 is 2.54 bits per heavy atom. The Balaban J connectivity index is 1.75. The molecule has 0 amide bonds. The van der Waals surface area contributed by atoms with Gasteiger partial charge in [0.1, 0.15) is 29.0 Å². The van der Waals surface area contributed by atoms with E-state index in [1.807, 2.05) is 19.9 Å². The van der Waals surface area contributed by atoms with Gasteiger partial charge in [0, 0.05) is 36.5 Å². The SMILES string of the molecule is C/C1=C/C(C)c2nccc(C)c2N=C(N2CCC(CN)CC2)c2cc(F)c(-c3ccccc3F)nc2N1. The monoisotopic (exact) mass is 502 g/mol. The summed E-state index contributed by atoms with van der Waals surface area (Å²) in [5.74, 6) is 0.360. The van der Waals surface area contributed by atoms with Crippen LogP contribution in [0.1, 0.15) is 49.4 Å². The first-order valence-corrected chi connectivity index (χ1v) is 12.8. The minimum absolute atomic E-state index is 0.0246. The fourth-order valence-corrected chi connectivity index (χ4v) is 5.12. The molecule has 0 saturated carbocycles. The van der Waals surface area contributed by atoms with E-state index in [2.05, 4.69) is 33.2 Å². The molecule has 0 aliphatic carbocycles. The number of amidine groups is 1. The first-order valence-electron chi connectivity index (χ1n) is 12.8. The maximum Gasteiger partial charge on any atom is 0.150 e. The lowest BCUT2D eigenvalue weighted by molar-refractivity contribution is 0.271. The third kappa shape index (κ3) is 4.98. The molecule has 1 fully saturated rings. The molecular formula is C29H32F2N6. The van der Waals surface area contributed by atoms with Gasteiger partial charge < -0.3 is 16.0 Å². The minimum Gasteiger partial charge on any atom is -0.356 e. The fraction of sp³-hybridized carbons (Fsp3) is 0.345. The van der Waals surface area contributed by atoms with Gasteiger partial charge in [0.2, 0.25) is 0 Å². The zero-order chi connectivity index (χ0) is 26.1. The molecule has 1 unspecified atom stereocenters. The number of piperidine rings is 1. The zero-order valence-corrected chi connectivity index (χ0v) is 21.4. The summed E-state index contributed by atoms with van der Waals surface area (Å²) in [5, 5.41) is 3.36. The van der Waals surface area contributed by atoms with E-state index in [1.54, 1.807) is 18.3 Å². The number of pyridine rings is 2. The largest absolute Gasteiger partial charge is 0.356 e. The molecule has 5 rings (SSSR count). The number of aryl methyl sites for hydroxylation is 1. The lowest BCUT2D eigenvalue weighted by Crippen LogP contribution is -2.41. The van der Waals surface area contributed by atoms with E-state index in [0.717, 1.165) is 48.6 Å². The number of benzene rings is 1. The van der Waals surface area contributed by atoms with Gasteiger partial charge in [-0.3, -0.25) is 4.98 Å². The number of nitrogens with one attached hydrogen (secondary N) is 1. The number of hydrogen-bond donors (Lipinski definition) is 2. The molecule has 0 bridgehead atoms. The smallest absolute Gasteiger partial charge is 0.150 e. The minimum atomic E-state index is -0.606. The molecule has 1 atom stereocenters. The summed E-state index contributed by atoms with van der Waals surface area (Å²) in [5.41, 5.74) is 10.0. The second-order valence-corrected chi connectivity index (χ2v) is 9.92. The van der Waals surface area contributed by atoms with Gasteiger partial charge >= 0.3 is 0 Å². The highest BCUT2D eigenvalue weighted by Crippen LogP contribution is 2.35. The maximum absolute atomic E-state index is 15.7. The van der Waals surface area contributed by atoms with E-state index >= 15 is 4.39 Å². The van der Waals surface area contributed by atoms with Crippen LogP contribution in [0.4, 0.5) is 20.3 Å². The van der Waals surface area contributed by atoms with Crippen LogP contribution in [0.25, 0.3) is 11.3 Å². The highest BCUT2D eigenvalue weighted by Gasteiger charge is 2.28. The molecule has 37 heavy (non-hydrogen) atoms. The van der Waals surface area contributed by atoms with Crippen LogP contribution in [0.15, 0.2) is 59.4 Å². The van der Waals surface area contributed by atoms with Gasteiger partial charge in [-0.2, -0.15) is 0 Å². The fourth-order valence-electron chi connectivity index (χ4n) is 5.12. The van der Waals surface area contributed by atoms with Crippen molar-refractivity contribution in [3.8, 4) is 11.3 Å². The molecule has 2 aliphatic rings. The molecule has 2 aromatic heterocycles. The molecule has 3 N–H and O–H groups in total. The van der Waals surface area contributed by atoms with E-state index in [9.17, 15) is 4.39 Å². The quantitative estimate of drug-likeness (QED) is 0.455.